The van der Waals surface area contributed by atoms with E-state index in [0.29, 0.717) is 27.5 Å². The van der Waals surface area contributed by atoms with Crippen LogP contribution in [-0.2, 0) is 0 Å². The summed E-state index contributed by atoms with van der Waals surface area (Å²) in [4.78, 5) is 15.9. The van der Waals surface area contributed by atoms with Crippen LogP contribution in [0, 0.1) is 36.3 Å². The molecule has 6 rings (SSSR count). The largest absolute Gasteiger partial charge is 0.463 e. The highest BCUT2D eigenvalue weighted by atomic mass is 19.1. The maximum atomic E-state index is 16.5. The van der Waals surface area contributed by atoms with Crippen molar-refractivity contribution in [1.82, 2.24) is 15.0 Å². The minimum Gasteiger partial charge on any atom is -0.463 e. The SMILES string of the molecule is C#Cc1c(F)ccc2cc(C)cc(-c3ncc4c(N5CCCCCC5)nc(OCC5(CO)CC5)nc4c3F)c12. The Morgan fingerprint density at radius 2 is 1.87 bits per heavy atom. The lowest BCUT2D eigenvalue weighted by Gasteiger charge is -2.24. The Bertz CT molecular complexity index is 1620. The van der Waals surface area contributed by atoms with E-state index < -0.39 is 11.6 Å². The molecule has 1 N–H and O–H groups in total. The maximum Gasteiger partial charge on any atom is 0.319 e. The number of benzene rings is 2. The van der Waals surface area contributed by atoms with Gasteiger partial charge in [0.2, 0.25) is 0 Å². The van der Waals surface area contributed by atoms with Crippen LogP contribution < -0.4 is 9.64 Å². The average molecular weight is 529 g/mol. The van der Waals surface area contributed by atoms with Crippen molar-refractivity contribution >= 4 is 27.5 Å². The molecule has 6 nitrogen and oxygen atoms in total. The van der Waals surface area contributed by atoms with Gasteiger partial charge in [-0.25, -0.2) is 8.78 Å². The first kappa shape index (κ1) is 25.4. The van der Waals surface area contributed by atoms with Crippen molar-refractivity contribution in [3.63, 3.8) is 0 Å². The van der Waals surface area contributed by atoms with Gasteiger partial charge < -0.3 is 14.7 Å². The molecule has 1 saturated heterocycles. The van der Waals surface area contributed by atoms with Gasteiger partial charge in [0.15, 0.2) is 5.82 Å². The van der Waals surface area contributed by atoms with E-state index in [1.807, 2.05) is 13.0 Å². The normalized spacial score (nSPS) is 16.7. The fraction of sp³-hybridized carbons (Fsp3) is 0.387. The van der Waals surface area contributed by atoms with E-state index in [1.54, 1.807) is 18.3 Å². The monoisotopic (exact) mass is 528 g/mol. The molecular formula is C31H30F2N4O2. The number of rotatable bonds is 6. The third-order valence-electron chi connectivity index (χ3n) is 7.96. The molecule has 2 aliphatic rings. The predicted molar refractivity (Wildman–Crippen MR) is 148 cm³/mol. The van der Waals surface area contributed by atoms with Gasteiger partial charge in [0.05, 0.1) is 24.2 Å². The van der Waals surface area contributed by atoms with E-state index in [0.717, 1.165) is 57.2 Å². The Morgan fingerprint density at radius 3 is 2.56 bits per heavy atom. The summed E-state index contributed by atoms with van der Waals surface area (Å²) in [5.74, 6) is 1.84. The van der Waals surface area contributed by atoms with Crippen molar-refractivity contribution in [2.75, 3.05) is 31.2 Å². The summed E-state index contributed by atoms with van der Waals surface area (Å²) >= 11 is 0. The number of aliphatic hydroxyl groups excluding tert-OH is 1. The smallest absolute Gasteiger partial charge is 0.319 e. The lowest BCUT2D eigenvalue weighted by molar-refractivity contribution is 0.140. The Hall–Kier alpha value is -3.83. The molecule has 0 amide bonds. The number of nitrogens with zero attached hydrogens (tertiary/aromatic N) is 4. The molecule has 0 spiro atoms. The van der Waals surface area contributed by atoms with Gasteiger partial charge in [0.1, 0.15) is 22.8 Å². The number of aromatic nitrogens is 3. The van der Waals surface area contributed by atoms with Gasteiger partial charge in [-0.1, -0.05) is 30.9 Å². The molecule has 2 aromatic heterocycles. The second kappa shape index (κ2) is 10.0. The third kappa shape index (κ3) is 4.65. The van der Waals surface area contributed by atoms with E-state index in [-0.39, 0.29) is 41.4 Å². The molecule has 4 aromatic rings. The molecular weight excluding hydrogens is 498 g/mol. The Kier molecular flexibility index (Phi) is 6.56. The summed E-state index contributed by atoms with van der Waals surface area (Å²) < 4.78 is 37.2. The highest BCUT2D eigenvalue weighted by Crippen LogP contribution is 2.45. The minimum atomic E-state index is -0.641. The number of ether oxygens (including phenoxy) is 1. The van der Waals surface area contributed by atoms with Crippen LogP contribution in [0.5, 0.6) is 6.01 Å². The van der Waals surface area contributed by atoms with E-state index in [9.17, 15) is 9.50 Å². The van der Waals surface area contributed by atoms with Crippen molar-refractivity contribution in [2.45, 2.75) is 45.4 Å². The lowest BCUT2D eigenvalue weighted by Crippen LogP contribution is -2.26. The number of halogens is 2. The first-order valence-electron chi connectivity index (χ1n) is 13.5. The van der Waals surface area contributed by atoms with Crippen LogP contribution in [0.3, 0.4) is 0 Å². The van der Waals surface area contributed by atoms with Gasteiger partial charge in [-0.05, 0) is 55.7 Å². The summed E-state index contributed by atoms with van der Waals surface area (Å²) in [6.07, 6.45) is 13.3. The minimum absolute atomic E-state index is 0.0243. The quantitative estimate of drug-likeness (QED) is 0.312. The van der Waals surface area contributed by atoms with Crippen molar-refractivity contribution < 1.29 is 18.6 Å². The van der Waals surface area contributed by atoms with Crippen LogP contribution in [0.15, 0.2) is 30.5 Å². The molecule has 1 saturated carbocycles. The second-order valence-electron chi connectivity index (χ2n) is 10.8. The first-order valence-corrected chi connectivity index (χ1v) is 13.5. The van der Waals surface area contributed by atoms with Crippen molar-refractivity contribution in [3.8, 4) is 29.6 Å². The summed E-state index contributed by atoms with van der Waals surface area (Å²) in [7, 11) is 0. The Balaban J connectivity index is 1.55. The number of pyridine rings is 1. The fourth-order valence-corrected chi connectivity index (χ4v) is 5.46. The fourth-order valence-electron chi connectivity index (χ4n) is 5.46. The van der Waals surface area contributed by atoms with E-state index in [4.69, 9.17) is 16.1 Å². The molecule has 0 atom stereocenters. The average Bonchev–Trinajstić information content (AvgIpc) is 3.76. The van der Waals surface area contributed by atoms with Crippen molar-refractivity contribution in [1.29, 1.82) is 0 Å². The molecule has 0 radical (unpaired) electrons. The number of terminal acetylenes is 1. The van der Waals surface area contributed by atoms with Crippen LogP contribution in [0.2, 0.25) is 0 Å². The highest BCUT2D eigenvalue weighted by Gasteiger charge is 2.43. The molecule has 39 heavy (non-hydrogen) atoms. The molecule has 0 unspecified atom stereocenters. The predicted octanol–water partition coefficient (Wildman–Crippen LogP) is 5.94. The zero-order valence-corrected chi connectivity index (χ0v) is 21.9. The summed E-state index contributed by atoms with van der Waals surface area (Å²) in [6.45, 7) is 3.77. The number of hydrogen-bond donors (Lipinski definition) is 1. The zero-order chi connectivity index (χ0) is 27.1. The molecule has 3 heterocycles. The maximum absolute atomic E-state index is 16.5. The van der Waals surface area contributed by atoms with Gasteiger partial charge in [-0.15, -0.1) is 6.42 Å². The van der Waals surface area contributed by atoms with E-state index in [1.165, 1.54) is 6.07 Å². The van der Waals surface area contributed by atoms with E-state index in [2.05, 4.69) is 20.8 Å². The van der Waals surface area contributed by atoms with Crippen LogP contribution in [0.1, 0.15) is 49.7 Å². The second-order valence-corrected chi connectivity index (χ2v) is 10.8. The number of fused-ring (bicyclic) bond motifs is 2. The molecule has 0 bridgehead atoms. The molecule has 8 heteroatoms. The molecule has 2 fully saturated rings. The number of aliphatic hydroxyl groups is 1. The van der Waals surface area contributed by atoms with Gasteiger partial charge >= 0.3 is 6.01 Å². The zero-order valence-electron chi connectivity index (χ0n) is 21.9. The van der Waals surface area contributed by atoms with Gasteiger partial charge in [-0.2, -0.15) is 9.97 Å². The van der Waals surface area contributed by atoms with E-state index >= 15 is 4.39 Å². The topological polar surface area (TPSA) is 71.4 Å². The molecule has 1 aliphatic carbocycles. The Morgan fingerprint density at radius 1 is 1.10 bits per heavy atom. The molecule has 1 aliphatic heterocycles. The van der Waals surface area contributed by atoms with Gasteiger partial charge in [0.25, 0.3) is 0 Å². The standard InChI is InChI=1S/C31H30F2N4O2/c1-3-21-24(32)9-8-20-14-19(2)15-22(25(20)21)27-26(33)28-23(16-34-27)29(37-12-6-4-5-7-13-37)36-30(35-28)39-18-31(17-38)10-11-31/h1,8-9,14-16,38H,4-7,10-13,17-18H2,2H3. The molecule has 2 aromatic carbocycles. The van der Waals surface area contributed by atoms with Crippen LogP contribution in [0.4, 0.5) is 14.6 Å². The Labute approximate surface area is 226 Å². The van der Waals surface area contributed by atoms with Crippen molar-refractivity contribution in [2.24, 2.45) is 5.41 Å². The third-order valence-corrected chi connectivity index (χ3v) is 7.96. The van der Waals surface area contributed by atoms with Crippen LogP contribution >= 0.6 is 0 Å². The van der Waals surface area contributed by atoms with Gasteiger partial charge in [0, 0.05) is 35.7 Å². The number of hydrogen-bond acceptors (Lipinski definition) is 6. The van der Waals surface area contributed by atoms with Crippen LogP contribution in [-0.4, -0.2) is 46.4 Å². The van der Waals surface area contributed by atoms with Gasteiger partial charge in [-0.3, -0.25) is 4.98 Å². The first-order chi connectivity index (χ1) is 18.9. The number of anilines is 1. The highest BCUT2D eigenvalue weighted by molar-refractivity contribution is 6.02. The van der Waals surface area contributed by atoms with Crippen LogP contribution in [0.25, 0.3) is 32.9 Å². The number of aryl methyl sites for hydroxylation is 1. The summed E-state index contributed by atoms with van der Waals surface area (Å²) in [5.41, 5.74) is 1.19. The molecule has 200 valence electrons. The lowest BCUT2D eigenvalue weighted by atomic mass is 9.94. The summed E-state index contributed by atoms with van der Waals surface area (Å²) in [6, 6.07) is 6.70. The van der Waals surface area contributed by atoms with Crippen molar-refractivity contribution in [3.05, 3.63) is 53.2 Å². The summed E-state index contributed by atoms with van der Waals surface area (Å²) in [5, 5.41) is 11.4.